The molecular weight excluding hydrogens is 272 g/mol. The van der Waals surface area contributed by atoms with Crippen LogP contribution in [0.3, 0.4) is 0 Å². The van der Waals surface area contributed by atoms with Crippen molar-refractivity contribution in [3.8, 4) is 0 Å². The first-order chi connectivity index (χ1) is 9.60. The van der Waals surface area contributed by atoms with Crippen molar-refractivity contribution < 1.29 is 4.79 Å². The van der Waals surface area contributed by atoms with E-state index in [-0.39, 0.29) is 0 Å². The molecule has 0 saturated heterocycles. The first-order valence-electron chi connectivity index (χ1n) is 6.51. The molecule has 4 heteroatoms. The van der Waals surface area contributed by atoms with E-state index in [2.05, 4.69) is 36.5 Å². The summed E-state index contributed by atoms with van der Waals surface area (Å²) in [7, 11) is 0. The molecule has 0 aliphatic heterocycles. The lowest BCUT2D eigenvalue weighted by atomic mass is 10.1. The first kappa shape index (κ1) is 14.4. The smallest absolute Gasteiger partial charge is 0.250 e. The van der Waals surface area contributed by atoms with Crippen LogP contribution in [-0.2, 0) is 13.0 Å². The molecule has 0 aromatic heterocycles. The lowest BCUT2D eigenvalue weighted by Crippen LogP contribution is -2.11. The molecule has 2 aromatic carbocycles. The Kier molecular flexibility index (Phi) is 4.64. The fourth-order valence-electron chi connectivity index (χ4n) is 1.92. The predicted octanol–water partition coefficient (Wildman–Crippen LogP) is 3.61. The lowest BCUT2D eigenvalue weighted by molar-refractivity contribution is 0.100. The van der Waals surface area contributed by atoms with Gasteiger partial charge in [-0.3, -0.25) is 4.79 Å². The van der Waals surface area contributed by atoms with E-state index in [1.54, 1.807) is 18.2 Å². The summed E-state index contributed by atoms with van der Waals surface area (Å²) in [6.45, 7) is 2.84. The van der Waals surface area contributed by atoms with E-state index in [9.17, 15) is 4.79 Å². The molecule has 0 aliphatic rings. The highest BCUT2D eigenvalue weighted by atomic mass is 35.5. The number of carbonyl (C=O) groups excluding carboxylic acids is 1. The topological polar surface area (TPSA) is 55.1 Å². The molecule has 2 rings (SSSR count). The summed E-state index contributed by atoms with van der Waals surface area (Å²) in [4.78, 5) is 11.1. The van der Waals surface area contributed by atoms with Gasteiger partial charge in [-0.05, 0) is 35.7 Å². The zero-order valence-corrected chi connectivity index (χ0v) is 12.1. The maximum atomic E-state index is 11.1. The van der Waals surface area contributed by atoms with Crippen LogP contribution in [0.15, 0.2) is 42.5 Å². The molecule has 3 N–H and O–H groups in total. The Morgan fingerprint density at radius 3 is 2.35 bits per heavy atom. The van der Waals surface area contributed by atoms with Crippen LogP contribution in [0, 0.1) is 0 Å². The number of halogens is 1. The molecule has 0 aliphatic carbocycles. The SMILES string of the molecule is CCc1ccc(CNc2ccc(C(N)=O)c(Cl)c2)cc1. The zero-order valence-electron chi connectivity index (χ0n) is 11.3. The lowest BCUT2D eigenvalue weighted by Gasteiger charge is -2.09. The minimum atomic E-state index is -0.517. The minimum absolute atomic E-state index is 0.338. The standard InChI is InChI=1S/C16H17ClN2O/c1-2-11-3-5-12(6-4-11)10-19-13-7-8-14(16(18)20)15(17)9-13/h3-9,19H,2,10H2,1H3,(H2,18,20). The van der Waals surface area contributed by atoms with Crippen LogP contribution >= 0.6 is 11.6 Å². The number of hydrogen-bond acceptors (Lipinski definition) is 2. The number of hydrogen-bond donors (Lipinski definition) is 2. The highest BCUT2D eigenvalue weighted by molar-refractivity contribution is 6.34. The zero-order chi connectivity index (χ0) is 14.5. The van der Waals surface area contributed by atoms with E-state index < -0.39 is 5.91 Å². The summed E-state index contributed by atoms with van der Waals surface area (Å²) in [5.74, 6) is -0.517. The molecule has 0 unspecified atom stereocenters. The maximum Gasteiger partial charge on any atom is 0.250 e. The number of anilines is 1. The molecule has 1 amide bonds. The van der Waals surface area contributed by atoms with Gasteiger partial charge >= 0.3 is 0 Å². The number of carbonyl (C=O) groups is 1. The van der Waals surface area contributed by atoms with Crippen LogP contribution in [0.25, 0.3) is 0 Å². The Balaban J connectivity index is 2.03. The quantitative estimate of drug-likeness (QED) is 0.883. The van der Waals surface area contributed by atoms with Gasteiger partial charge in [0.25, 0.3) is 0 Å². The van der Waals surface area contributed by atoms with E-state index in [0.717, 1.165) is 12.1 Å². The number of aryl methyl sites for hydroxylation is 1. The number of nitrogens with one attached hydrogen (secondary N) is 1. The van der Waals surface area contributed by atoms with E-state index in [1.807, 2.05) is 0 Å². The van der Waals surface area contributed by atoms with Crippen molar-refractivity contribution in [3.63, 3.8) is 0 Å². The van der Waals surface area contributed by atoms with E-state index in [4.69, 9.17) is 17.3 Å². The molecule has 0 saturated carbocycles. The second-order valence-electron chi connectivity index (χ2n) is 4.58. The number of primary amides is 1. The maximum absolute atomic E-state index is 11.1. The van der Waals surface area contributed by atoms with Gasteiger partial charge in [0, 0.05) is 12.2 Å². The van der Waals surface area contributed by atoms with E-state index in [0.29, 0.717) is 17.1 Å². The van der Waals surface area contributed by atoms with Gasteiger partial charge in [0.1, 0.15) is 0 Å². The van der Waals surface area contributed by atoms with Crippen molar-refractivity contribution in [2.75, 3.05) is 5.32 Å². The van der Waals surface area contributed by atoms with Gasteiger partial charge in [-0.1, -0.05) is 42.8 Å². The summed E-state index contributed by atoms with van der Waals surface area (Å²) in [6.07, 6.45) is 1.04. The van der Waals surface area contributed by atoms with Gasteiger partial charge in [-0.25, -0.2) is 0 Å². The van der Waals surface area contributed by atoms with Crippen molar-refractivity contribution in [1.29, 1.82) is 0 Å². The van der Waals surface area contributed by atoms with Crippen LogP contribution in [-0.4, -0.2) is 5.91 Å². The van der Waals surface area contributed by atoms with Crippen molar-refractivity contribution >= 4 is 23.2 Å². The first-order valence-corrected chi connectivity index (χ1v) is 6.89. The van der Waals surface area contributed by atoms with Crippen molar-refractivity contribution in [2.45, 2.75) is 19.9 Å². The summed E-state index contributed by atoms with van der Waals surface area (Å²) in [5, 5.41) is 3.63. The molecule has 3 nitrogen and oxygen atoms in total. The summed E-state index contributed by atoms with van der Waals surface area (Å²) >= 11 is 6.00. The molecule has 104 valence electrons. The molecular formula is C16H17ClN2O. The van der Waals surface area contributed by atoms with Crippen LogP contribution in [0.5, 0.6) is 0 Å². The van der Waals surface area contributed by atoms with Gasteiger partial charge < -0.3 is 11.1 Å². The Morgan fingerprint density at radius 2 is 1.80 bits per heavy atom. The molecule has 0 fully saturated rings. The highest BCUT2D eigenvalue weighted by Gasteiger charge is 2.06. The normalized spacial score (nSPS) is 10.3. The van der Waals surface area contributed by atoms with Gasteiger partial charge in [0.15, 0.2) is 0 Å². The number of nitrogens with two attached hydrogens (primary N) is 1. The average molecular weight is 289 g/mol. The molecule has 0 atom stereocenters. The second-order valence-corrected chi connectivity index (χ2v) is 4.99. The van der Waals surface area contributed by atoms with Gasteiger partial charge in [0.05, 0.1) is 10.6 Å². The number of amides is 1. The Morgan fingerprint density at radius 1 is 1.15 bits per heavy atom. The van der Waals surface area contributed by atoms with Crippen molar-refractivity contribution in [3.05, 3.63) is 64.2 Å². The minimum Gasteiger partial charge on any atom is -0.381 e. The van der Waals surface area contributed by atoms with Gasteiger partial charge in [-0.2, -0.15) is 0 Å². The van der Waals surface area contributed by atoms with Crippen LogP contribution < -0.4 is 11.1 Å². The van der Waals surface area contributed by atoms with Crippen molar-refractivity contribution in [2.24, 2.45) is 5.73 Å². The molecule has 20 heavy (non-hydrogen) atoms. The van der Waals surface area contributed by atoms with E-state index >= 15 is 0 Å². The van der Waals surface area contributed by atoms with Gasteiger partial charge in [0.2, 0.25) is 5.91 Å². The Bertz CT molecular complexity index is 608. The second kappa shape index (κ2) is 6.44. The largest absolute Gasteiger partial charge is 0.381 e. The fraction of sp³-hybridized carbons (Fsp3) is 0.188. The van der Waals surface area contributed by atoms with Crippen LogP contribution in [0.4, 0.5) is 5.69 Å². The third-order valence-corrected chi connectivity index (χ3v) is 3.48. The predicted molar refractivity (Wildman–Crippen MR) is 83.1 cm³/mol. The number of benzene rings is 2. The van der Waals surface area contributed by atoms with E-state index in [1.165, 1.54) is 11.1 Å². The number of rotatable bonds is 5. The summed E-state index contributed by atoms with van der Waals surface area (Å²) in [5.41, 5.74) is 8.93. The Labute approximate surface area is 123 Å². The molecule has 0 radical (unpaired) electrons. The van der Waals surface area contributed by atoms with Crippen molar-refractivity contribution in [1.82, 2.24) is 0 Å². The van der Waals surface area contributed by atoms with Crippen LogP contribution in [0.1, 0.15) is 28.4 Å². The third-order valence-electron chi connectivity index (χ3n) is 3.16. The van der Waals surface area contributed by atoms with Crippen LogP contribution in [0.2, 0.25) is 5.02 Å². The van der Waals surface area contributed by atoms with Gasteiger partial charge in [-0.15, -0.1) is 0 Å². The average Bonchev–Trinajstić information content (AvgIpc) is 2.45. The molecule has 0 bridgehead atoms. The third kappa shape index (κ3) is 3.52. The molecule has 0 spiro atoms. The molecule has 2 aromatic rings. The monoisotopic (exact) mass is 288 g/mol. The highest BCUT2D eigenvalue weighted by Crippen LogP contribution is 2.21. The summed E-state index contributed by atoms with van der Waals surface area (Å²) < 4.78 is 0. The fourth-order valence-corrected chi connectivity index (χ4v) is 2.20. The summed E-state index contributed by atoms with van der Waals surface area (Å²) in [6, 6.07) is 13.6. The Hall–Kier alpha value is -2.00. The molecule has 0 heterocycles.